The summed E-state index contributed by atoms with van der Waals surface area (Å²) in [4.78, 5) is 11.0. The minimum atomic E-state index is -5.04. The lowest BCUT2D eigenvalue weighted by atomic mass is 10.1. The average Bonchev–Trinajstić information content (AvgIpc) is 2.17. The van der Waals surface area contributed by atoms with Gasteiger partial charge in [0.25, 0.3) is 0 Å². The molecule has 1 rings (SSSR count). The molecule has 0 spiro atoms. The third-order valence-corrected chi connectivity index (χ3v) is 1.79. The predicted molar refractivity (Wildman–Crippen MR) is 49.8 cm³/mol. The van der Waals surface area contributed by atoms with E-state index >= 15 is 0 Å². The van der Waals surface area contributed by atoms with Crippen molar-refractivity contribution in [3.8, 4) is 11.5 Å². The molecule has 18 heavy (non-hydrogen) atoms. The van der Waals surface area contributed by atoms with Crippen molar-refractivity contribution in [2.75, 3.05) is 0 Å². The largest absolute Gasteiger partial charge is 0.573 e. The molecule has 0 saturated heterocycles. The summed E-state index contributed by atoms with van der Waals surface area (Å²) in [6.07, 6.45) is -5.04. The Morgan fingerprint density at radius 1 is 1.22 bits per heavy atom. The highest BCUT2D eigenvalue weighted by atomic mass is 19.4. The summed E-state index contributed by atoms with van der Waals surface area (Å²) in [6.45, 7) is -2.20. The molecule has 0 bridgehead atoms. The smallest absolute Gasteiger partial charge is 0.431 e. The van der Waals surface area contributed by atoms with Gasteiger partial charge in [0, 0.05) is 5.56 Å². The molecule has 1 aromatic rings. The number of carbonyl (C=O) groups is 1. The Morgan fingerprint density at radius 3 is 2.28 bits per heavy atom. The number of halogens is 5. The number of hydrogen-bond donors (Lipinski definition) is 0. The molecule has 100 valence electrons. The maximum absolute atomic E-state index is 12.0. The molecular weight excluding hydrogens is 263 g/mol. The fraction of sp³-hybridized carbons (Fsp3) is 0.300. The van der Waals surface area contributed by atoms with Gasteiger partial charge in [-0.25, -0.2) is 0 Å². The summed E-state index contributed by atoms with van der Waals surface area (Å²) < 4.78 is 67.4. The normalized spacial score (nSPS) is 11.5. The SMILES string of the molecule is CC(=O)c1ccc(OC(F)(F)F)c(OC(F)F)c1. The van der Waals surface area contributed by atoms with E-state index in [4.69, 9.17) is 0 Å². The van der Waals surface area contributed by atoms with Gasteiger partial charge in [-0.15, -0.1) is 13.2 Å². The van der Waals surface area contributed by atoms with Crippen LogP contribution >= 0.6 is 0 Å². The fourth-order valence-corrected chi connectivity index (χ4v) is 1.12. The van der Waals surface area contributed by atoms with Gasteiger partial charge in [-0.1, -0.05) is 0 Å². The van der Waals surface area contributed by atoms with Crippen LogP contribution in [0.25, 0.3) is 0 Å². The first kappa shape index (κ1) is 14.2. The molecule has 3 nitrogen and oxygen atoms in total. The first-order valence-electron chi connectivity index (χ1n) is 4.54. The molecule has 0 unspecified atom stereocenters. The Labute approximate surface area is 98.1 Å². The van der Waals surface area contributed by atoms with Crippen molar-refractivity contribution in [2.45, 2.75) is 19.9 Å². The first-order valence-corrected chi connectivity index (χ1v) is 4.54. The summed E-state index contributed by atoms with van der Waals surface area (Å²) in [6, 6.07) is 2.51. The van der Waals surface area contributed by atoms with E-state index < -0.39 is 30.3 Å². The van der Waals surface area contributed by atoms with E-state index in [1.165, 1.54) is 0 Å². The number of Topliss-reactive ketones (excluding diaryl/α,β-unsaturated/α-hetero) is 1. The molecule has 0 heterocycles. The van der Waals surface area contributed by atoms with Crippen molar-refractivity contribution in [3.63, 3.8) is 0 Å². The summed E-state index contributed by atoms with van der Waals surface area (Å²) >= 11 is 0. The second-order valence-corrected chi connectivity index (χ2v) is 3.14. The standard InChI is InChI=1S/C10H7F5O3/c1-5(16)6-2-3-7(18-10(13,14)15)8(4-6)17-9(11)12/h2-4,9H,1H3. The zero-order valence-electron chi connectivity index (χ0n) is 8.92. The molecule has 0 N–H and O–H groups in total. The van der Waals surface area contributed by atoms with Crippen LogP contribution in [-0.4, -0.2) is 18.8 Å². The quantitative estimate of drug-likeness (QED) is 0.621. The van der Waals surface area contributed by atoms with E-state index in [0.29, 0.717) is 0 Å². The highest BCUT2D eigenvalue weighted by Crippen LogP contribution is 2.34. The topological polar surface area (TPSA) is 35.5 Å². The van der Waals surface area contributed by atoms with Gasteiger partial charge in [-0.3, -0.25) is 4.79 Å². The molecule has 1 aromatic carbocycles. The van der Waals surface area contributed by atoms with Crippen molar-refractivity contribution in [2.24, 2.45) is 0 Å². The number of carbonyl (C=O) groups excluding carboxylic acids is 1. The van der Waals surface area contributed by atoms with Crippen molar-refractivity contribution in [1.29, 1.82) is 0 Å². The molecule has 0 aliphatic rings. The van der Waals surface area contributed by atoms with Crippen LogP contribution in [0.2, 0.25) is 0 Å². The van der Waals surface area contributed by atoms with Gasteiger partial charge in [0.1, 0.15) is 0 Å². The van der Waals surface area contributed by atoms with Crippen molar-refractivity contribution >= 4 is 5.78 Å². The van der Waals surface area contributed by atoms with Crippen LogP contribution < -0.4 is 9.47 Å². The predicted octanol–water partition coefficient (Wildman–Crippen LogP) is 3.39. The van der Waals surface area contributed by atoms with Crippen LogP contribution in [0.3, 0.4) is 0 Å². The van der Waals surface area contributed by atoms with Gasteiger partial charge in [-0.05, 0) is 25.1 Å². The molecular formula is C10H7F5O3. The first-order chi connectivity index (χ1) is 8.19. The Balaban J connectivity index is 3.12. The van der Waals surface area contributed by atoms with Crippen LogP contribution in [0.1, 0.15) is 17.3 Å². The zero-order chi connectivity index (χ0) is 13.9. The maximum Gasteiger partial charge on any atom is 0.573 e. The number of hydrogen-bond acceptors (Lipinski definition) is 3. The van der Waals surface area contributed by atoms with Crippen molar-refractivity contribution in [3.05, 3.63) is 23.8 Å². The lowest BCUT2D eigenvalue weighted by Crippen LogP contribution is -2.18. The van der Waals surface area contributed by atoms with Crippen LogP contribution in [0.5, 0.6) is 11.5 Å². The third kappa shape index (κ3) is 4.19. The Morgan fingerprint density at radius 2 is 1.83 bits per heavy atom. The molecule has 0 atom stereocenters. The van der Waals surface area contributed by atoms with Gasteiger partial charge in [0.05, 0.1) is 0 Å². The van der Waals surface area contributed by atoms with Crippen LogP contribution in [0.4, 0.5) is 22.0 Å². The summed E-state index contributed by atoms with van der Waals surface area (Å²) in [5.74, 6) is -2.30. The van der Waals surface area contributed by atoms with Crippen LogP contribution in [0, 0.1) is 0 Å². The number of rotatable bonds is 4. The molecule has 0 aromatic heterocycles. The fourth-order valence-electron chi connectivity index (χ4n) is 1.12. The molecule has 0 fully saturated rings. The van der Waals surface area contributed by atoms with E-state index in [-0.39, 0.29) is 5.56 Å². The van der Waals surface area contributed by atoms with Gasteiger partial charge < -0.3 is 9.47 Å². The van der Waals surface area contributed by atoms with E-state index in [1.54, 1.807) is 0 Å². The molecule has 0 aliphatic carbocycles. The Bertz CT molecular complexity index is 442. The summed E-state index contributed by atoms with van der Waals surface area (Å²) in [7, 11) is 0. The Hall–Kier alpha value is -1.86. The number of ketones is 1. The van der Waals surface area contributed by atoms with E-state index in [9.17, 15) is 26.7 Å². The third-order valence-electron chi connectivity index (χ3n) is 1.79. The lowest BCUT2D eigenvalue weighted by molar-refractivity contribution is -0.275. The molecule has 0 aliphatic heterocycles. The van der Waals surface area contributed by atoms with E-state index in [2.05, 4.69) is 9.47 Å². The monoisotopic (exact) mass is 270 g/mol. The minimum Gasteiger partial charge on any atom is -0.431 e. The van der Waals surface area contributed by atoms with Gasteiger partial charge in [0.15, 0.2) is 17.3 Å². The lowest BCUT2D eigenvalue weighted by Gasteiger charge is -2.14. The molecule has 8 heteroatoms. The number of benzene rings is 1. The highest BCUT2D eigenvalue weighted by Gasteiger charge is 2.33. The second kappa shape index (κ2) is 5.19. The molecule has 0 saturated carbocycles. The van der Waals surface area contributed by atoms with Gasteiger partial charge >= 0.3 is 13.0 Å². The van der Waals surface area contributed by atoms with Gasteiger partial charge in [-0.2, -0.15) is 8.78 Å². The number of alkyl halides is 5. The minimum absolute atomic E-state index is 0.0693. The van der Waals surface area contributed by atoms with Crippen molar-refractivity contribution < 1.29 is 36.2 Å². The summed E-state index contributed by atoms with van der Waals surface area (Å²) in [5, 5.41) is 0. The number of ether oxygens (including phenoxy) is 2. The molecule has 0 radical (unpaired) electrons. The average molecular weight is 270 g/mol. The van der Waals surface area contributed by atoms with E-state index in [0.717, 1.165) is 25.1 Å². The second-order valence-electron chi connectivity index (χ2n) is 3.14. The van der Waals surface area contributed by atoms with E-state index in [1.807, 2.05) is 0 Å². The highest BCUT2D eigenvalue weighted by molar-refractivity contribution is 5.94. The zero-order valence-corrected chi connectivity index (χ0v) is 8.92. The van der Waals surface area contributed by atoms with Crippen molar-refractivity contribution in [1.82, 2.24) is 0 Å². The van der Waals surface area contributed by atoms with Gasteiger partial charge in [0.2, 0.25) is 0 Å². The maximum atomic E-state index is 12.0. The Kier molecular flexibility index (Phi) is 4.10. The summed E-state index contributed by atoms with van der Waals surface area (Å²) in [5.41, 5.74) is -0.0693. The van der Waals surface area contributed by atoms with Crippen LogP contribution in [0.15, 0.2) is 18.2 Å². The molecule has 0 amide bonds. The van der Waals surface area contributed by atoms with Crippen LogP contribution in [-0.2, 0) is 0 Å².